The molecule has 0 radical (unpaired) electrons. The van der Waals surface area contributed by atoms with Gasteiger partial charge in [-0.2, -0.15) is 13.2 Å². The summed E-state index contributed by atoms with van der Waals surface area (Å²) in [7, 11) is -2.87. The van der Waals surface area contributed by atoms with Gasteiger partial charge in [-0.05, 0) is 36.8 Å². The normalized spacial score (nSPS) is 13.3. The first kappa shape index (κ1) is 24.1. The fraction of sp³-hybridized carbons (Fsp3) is 0.174. The fourth-order valence-electron chi connectivity index (χ4n) is 3.77. The number of aliphatic hydroxyl groups is 1. The first-order valence-electron chi connectivity index (χ1n) is 9.90. The highest BCUT2D eigenvalue weighted by atomic mass is 32.2. The Hall–Kier alpha value is -3.02. The smallest absolute Gasteiger partial charge is 0.417 e. The molecule has 178 valence electrons. The summed E-state index contributed by atoms with van der Waals surface area (Å²) in [6, 6.07) is 12.8. The highest BCUT2D eigenvalue weighted by molar-refractivity contribution is 7.90. The molecule has 4 rings (SSSR count). The van der Waals surface area contributed by atoms with Crippen molar-refractivity contribution in [1.82, 2.24) is 8.96 Å². The summed E-state index contributed by atoms with van der Waals surface area (Å²) >= 11 is 4.06. The quantitative estimate of drug-likeness (QED) is 0.372. The van der Waals surface area contributed by atoms with Crippen molar-refractivity contribution in [3.63, 3.8) is 0 Å². The molecule has 0 fully saturated rings. The number of methoxy groups -OCH3 is 1. The first-order chi connectivity index (χ1) is 16.0. The van der Waals surface area contributed by atoms with Crippen molar-refractivity contribution in [2.75, 3.05) is 7.11 Å². The van der Waals surface area contributed by atoms with Crippen molar-refractivity contribution < 1.29 is 31.4 Å². The van der Waals surface area contributed by atoms with E-state index in [0.29, 0.717) is 11.1 Å². The number of alkyl halides is 3. The van der Waals surface area contributed by atoms with Gasteiger partial charge >= 0.3 is 6.18 Å². The monoisotopic (exact) mass is 508 g/mol. The molecule has 0 aliphatic heterocycles. The summed E-state index contributed by atoms with van der Waals surface area (Å²) < 4.78 is 74.0. The molecule has 0 saturated carbocycles. The SMILES string of the molecule is COc1cnc2c(c1)cc(C(O)c1ccc(C)c(C(F)(F)F)c1S)n2S(=O)(=O)c1ccccc1. The third kappa shape index (κ3) is 4.04. The van der Waals surface area contributed by atoms with E-state index in [1.165, 1.54) is 68.8 Å². The van der Waals surface area contributed by atoms with E-state index in [4.69, 9.17) is 4.74 Å². The molecular formula is C23H19F3N2O4S2. The minimum absolute atomic E-state index is 0.0115. The van der Waals surface area contributed by atoms with Crippen LogP contribution in [0.15, 0.2) is 70.6 Å². The number of nitrogens with zero attached hydrogens (tertiary/aromatic N) is 2. The van der Waals surface area contributed by atoms with Crippen LogP contribution in [0.2, 0.25) is 0 Å². The second-order valence-electron chi connectivity index (χ2n) is 7.54. The van der Waals surface area contributed by atoms with Crippen molar-refractivity contribution in [2.24, 2.45) is 0 Å². The Morgan fingerprint density at radius 1 is 1.12 bits per heavy atom. The van der Waals surface area contributed by atoms with Crippen LogP contribution in [0, 0.1) is 6.92 Å². The van der Waals surface area contributed by atoms with Crippen molar-refractivity contribution in [3.8, 4) is 5.75 Å². The van der Waals surface area contributed by atoms with Crippen LogP contribution in [-0.4, -0.2) is 29.6 Å². The molecule has 0 aliphatic carbocycles. The number of hydrogen-bond acceptors (Lipinski definition) is 6. The number of thiol groups is 1. The highest BCUT2D eigenvalue weighted by Gasteiger charge is 2.37. The molecule has 34 heavy (non-hydrogen) atoms. The van der Waals surface area contributed by atoms with Gasteiger partial charge in [0.1, 0.15) is 11.9 Å². The van der Waals surface area contributed by atoms with E-state index < -0.39 is 32.8 Å². The second-order valence-corrected chi connectivity index (χ2v) is 9.77. The number of hydrogen-bond donors (Lipinski definition) is 2. The first-order valence-corrected chi connectivity index (χ1v) is 11.8. The molecule has 4 aromatic rings. The van der Waals surface area contributed by atoms with Gasteiger partial charge < -0.3 is 9.84 Å². The summed E-state index contributed by atoms with van der Waals surface area (Å²) in [6.07, 6.45) is -5.16. The summed E-state index contributed by atoms with van der Waals surface area (Å²) in [4.78, 5) is 3.62. The lowest BCUT2D eigenvalue weighted by Gasteiger charge is -2.20. The second kappa shape index (κ2) is 8.64. The Bertz CT molecular complexity index is 1480. The van der Waals surface area contributed by atoms with Crippen LogP contribution in [0.4, 0.5) is 13.2 Å². The van der Waals surface area contributed by atoms with E-state index in [-0.39, 0.29) is 27.4 Å². The Labute approximate surface area is 199 Å². The van der Waals surface area contributed by atoms with Gasteiger partial charge in [-0.15, -0.1) is 12.6 Å². The highest BCUT2D eigenvalue weighted by Crippen LogP contribution is 2.41. The molecule has 1 N–H and O–H groups in total. The average Bonchev–Trinajstić information content (AvgIpc) is 3.18. The van der Waals surface area contributed by atoms with Crippen LogP contribution in [0.25, 0.3) is 11.0 Å². The third-order valence-electron chi connectivity index (χ3n) is 5.39. The summed E-state index contributed by atoms with van der Waals surface area (Å²) in [6.45, 7) is 1.28. The van der Waals surface area contributed by atoms with Gasteiger partial charge in [0.2, 0.25) is 0 Å². The largest absolute Gasteiger partial charge is 0.495 e. The standard InChI is InChI=1S/C23H19F3N2O4S2/c1-13-8-9-17(21(33)19(13)23(24,25)26)20(29)18-11-14-10-15(32-2)12-27-22(14)28(18)34(30,31)16-6-4-3-5-7-16/h3-12,20,29,33H,1-2H3. The Balaban J connectivity index is 2.01. The number of aliphatic hydroxyl groups excluding tert-OH is 1. The van der Waals surface area contributed by atoms with Crippen molar-refractivity contribution in [3.05, 3.63) is 83.2 Å². The molecule has 2 heterocycles. The van der Waals surface area contributed by atoms with Gasteiger partial charge in [-0.25, -0.2) is 17.4 Å². The Morgan fingerprint density at radius 2 is 1.79 bits per heavy atom. The molecule has 2 aromatic heterocycles. The van der Waals surface area contributed by atoms with Gasteiger partial charge in [0.15, 0.2) is 5.65 Å². The lowest BCUT2D eigenvalue weighted by atomic mass is 9.99. The van der Waals surface area contributed by atoms with E-state index in [1.54, 1.807) is 6.07 Å². The number of rotatable bonds is 5. The lowest BCUT2D eigenvalue weighted by Crippen LogP contribution is -2.19. The van der Waals surface area contributed by atoms with E-state index in [1.807, 2.05) is 0 Å². The molecular weight excluding hydrogens is 489 g/mol. The molecule has 0 aliphatic rings. The third-order valence-corrected chi connectivity index (χ3v) is 7.61. The number of ether oxygens (including phenoxy) is 1. The van der Waals surface area contributed by atoms with Gasteiger partial charge in [-0.3, -0.25) is 0 Å². The van der Waals surface area contributed by atoms with Crippen LogP contribution in [0.3, 0.4) is 0 Å². The van der Waals surface area contributed by atoms with Crippen molar-refractivity contribution in [1.29, 1.82) is 0 Å². The number of aryl methyl sites for hydroxylation is 1. The van der Waals surface area contributed by atoms with E-state index >= 15 is 0 Å². The molecule has 0 amide bonds. The minimum Gasteiger partial charge on any atom is -0.495 e. The van der Waals surface area contributed by atoms with E-state index in [0.717, 1.165) is 3.97 Å². The zero-order valence-electron chi connectivity index (χ0n) is 17.9. The Kier molecular flexibility index (Phi) is 6.13. The van der Waals surface area contributed by atoms with Crippen LogP contribution in [0.1, 0.15) is 28.5 Å². The molecule has 0 spiro atoms. The predicted molar refractivity (Wildman–Crippen MR) is 123 cm³/mol. The molecule has 0 saturated heterocycles. The Morgan fingerprint density at radius 3 is 2.41 bits per heavy atom. The number of aromatic nitrogens is 2. The maximum atomic E-state index is 13.6. The topological polar surface area (TPSA) is 81.4 Å². The molecule has 6 nitrogen and oxygen atoms in total. The average molecular weight is 509 g/mol. The maximum Gasteiger partial charge on any atom is 0.417 e. The molecule has 11 heteroatoms. The number of halogens is 3. The minimum atomic E-state index is -4.71. The summed E-state index contributed by atoms with van der Waals surface area (Å²) in [5.41, 5.74) is -1.46. The zero-order valence-corrected chi connectivity index (χ0v) is 19.6. The lowest BCUT2D eigenvalue weighted by molar-refractivity contribution is -0.140. The fourth-order valence-corrected chi connectivity index (χ4v) is 5.79. The number of fused-ring (bicyclic) bond motifs is 1. The molecule has 0 bridgehead atoms. The van der Waals surface area contributed by atoms with Gasteiger partial charge in [0.05, 0.1) is 29.5 Å². The van der Waals surface area contributed by atoms with Gasteiger partial charge in [0.25, 0.3) is 10.0 Å². The summed E-state index contributed by atoms with van der Waals surface area (Å²) in [5.74, 6) is 0.340. The molecule has 1 unspecified atom stereocenters. The number of pyridine rings is 1. The van der Waals surface area contributed by atoms with Crippen LogP contribution in [-0.2, 0) is 16.2 Å². The molecule has 1 atom stereocenters. The van der Waals surface area contributed by atoms with Crippen molar-refractivity contribution in [2.45, 2.75) is 29.0 Å². The van der Waals surface area contributed by atoms with Crippen LogP contribution in [0.5, 0.6) is 5.75 Å². The van der Waals surface area contributed by atoms with Gasteiger partial charge in [-0.1, -0.05) is 30.3 Å². The molecule has 2 aromatic carbocycles. The summed E-state index contributed by atoms with van der Waals surface area (Å²) in [5, 5.41) is 11.5. The zero-order chi connectivity index (χ0) is 24.8. The van der Waals surface area contributed by atoms with Crippen LogP contribution >= 0.6 is 12.6 Å². The van der Waals surface area contributed by atoms with E-state index in [9.17, 15) is 26.7 Å². The number of benzene rings is 2. The van der Waals surface area contributed by atoms with Crippen LogP contribution < -0.4 is 4.74 Å². The predicted octanol–water partition coefficient (Wildman–Crippen LogP) is 4.98. The maximum absolute atomic E-state index is 13.6. The van der Waals surface area contributed by atoms with Gasteiger partial charge in [0, 0.05) is 15.8 Å². The van der Waals surface area contributed by atoms with E-state index in [2.05, 4.69) is 17.6 Å². The van der Waals surface area contributed by atoms with Crippen molar-refractivity contribution >= 4 is 33.7 Å².